The van der Waals surface area contributed by atoms with Gasteiger partial charge in [0.2, 0.25) is 5.69 Å². The minimum absolute atomic E-state index is 0.377. The lowest BCUT2D eigenvalue weighted by molar-refractivity contribution is 1.04. The quantitative estimate of drug-likeness (QED) is 0.140. The van der Waals surface area contributed by atoms with Crippen molar-refractivity contribution in [2.24, 2.45) is 0 Å². The third kappa shape index (κ3) is 8.44. The summed E-state index contributed by atoms with van der Waals surface area (Å²) in [5.41, 5.74) is 19.2. The highest BCUT2D eigenvalue weighted by atomic mass is 32.1. The first-order chi connectivity index (χ1) is 53.6. The summed E-state index contributed by atoms with van der Waals surface area (Å²) in [4.78, 5) is 5.24. The van der Waals surface area contributed by atoms with Gasteiger partial charge in [-0.1, -0.05) is 291 Å². The predicted molar refractivity (Wildman–Crippen MR) is 457 cm³/mol. The number of hydrogen-bond donors (Lipinski definition) is 0. The van der Waals surface area contributed by atoms with Gasteiger partial charge in [0.1, 0.15) is 11.6 Å². The predicted octanol–water partition coefficient (Wildman–Crippen LogP) is 28.2. The van der Waals surface area contributed by atoms with Crippen LogP contribution in [0, 0.1) is 17.9 Å². The van der Waals surface area contributed by atoms with E-state index in [-0.39, 0.29) is 0 Å². The molecule has 0 N–H and O–H groups in total. The lowest BCUT2D eigenvalue weighted by Gasteiger charge is -2.27. The Morgan fingerprint density at radius 1 is 0.259 bits per heavy atom. The Labute approximate surface area is 626 Å². The molecule has 0 spiro atoms. The Bertz CT molecular complexity index is 7400. The standard InChI is InChI=1S/C100H56N6S2/c1-102-92-97(104-86-44-18-12-36-73(86)74-37-13-19-45-87(74)104)94(105-88-56-61(65-30-6-8-32-67(65)69-40-22-26-59-24-2-4-28-63(59)69)48-50-75(88)79-52-54-81-77-38-14-20-46-90(77)107-99(81)95(79)105)83(58-101)93(103-84-42-16-10-34-71(84)72-35-11-17-43-85(72)103)98(92)106-89-57-62(66-31-7-9-33-68(66)70-41-23-27-60-25-3-5-29-64(60)70)49-51-76(89)80-53-55-82-78-39-15-21-47-91(78)108-100(82)96(80)106/h2-57H. The second-order valence-corrected chi connectivity index (χ2v) is 30.3. The molecule has 6 nitrogen and oxygen atoms in total. The van der Waals surface area contributed by atoms with Crippen LogP contribution in [0.25, 0.3) is 221 Å². The zero-order chi connectivity index (χ0) is 71.0. The molecule has 17 aromatic carbocycles. The second-order valence-electron chi connectivity index (χ2n) is 28.2. The van der Waals surface area contributed by atoms with Gasteiger partial charge in [0, 0.05) is 74.0 Å². The third-order valence-corrected chi connectivity index (χ3v) is 25.2. The Hall–Kier alpha value is -14.1. The van der Waals surface area contributed by atoms with Crippen LogP contribution < -0.4 is 0 Å². The molecule has 498 valence electrons. The van der Waals surface area contributed by atoms with Crippen molar-refractivity contribution in [2.45, 2.75) is 0 Å². The van der Waals surface area contributed by atoms with Gasteiger partial charge in [-0.15, -0.1) is 22.7 Å². The van der Waals surface area contributed by atoms with Gasteiger partial charge >= 0.3 is 0 Å². The minimum Gasteiger partial charge on any atom is -0.317 e. The van der Waals surface area contributed by atoms with E-state index in [0.717, 1.165) is 172 Å². The monoisotopic (exact) mass is 1400 g/mol. The van der Waals surface area contributed by atoms with Gasteiger partial charge < -0.3 is 18.3 Å². The van der Waals surface area contributed by atoms with Crippen LogP contribution in [0.2, 0.25) is 0 Å². The van der Waals surface area contributed by atoms with Crippen LogP contribution in [0.5, 0.6) is 0 Å². The molecule has 6 heterocycles. The number of benzene rings is 17. The van der Waals surface area contributed by atoms with Crippen molar-refractivity contribution in [1.29, 1.82) is 5.26 Å². The molecule has 0 saturated heterocycles. The molecule has 0 bridgehead atoms. The lowest BCUT2D eigenvalue weighted by Crippen LogP contribution is -2.14. The van der Waals surface area contributed by atoms with Crippen molar-refractivity contribution in [3.05, 3.63) is 357 Å². The molecular formula is C100H56N6S2. The van der Waals surface area contributed by atoms with Crippen LogP contribution in [0.1, 0.15) is 5.56 Å². The molecule has 0 atom stereocenters. The fraction of sp³-hybridized carbons (Fsp3) is 0. The normalized spacial score (nSPS) is 12.1. The molecule has 0 amide bonds. The molecule has 0 aliphatic rings. The first-order valence-electron chi connectivity index (χ1n) is 36.5. The summed E-state index contributed by atoms with van der Waals surface area (Å²) in [6.45, 7) is 10.7. The maximum absolute atomic E-state index is 13.8. The van der Waals surface area contributed by atoms with Crippen LogP contribution in [-0.2, 0) is 0 Å². The topological polar surface area (TPSA) is 47.9 Å². The number of rotatable bonds is 8. The maximum atomic E-state index is 13.8. The smallest absolute Gasteiger partial charge is 0.238 e. The maximum Gasteiger partial charge on any atom is 0.238 e. The molecular weight excluding hydrogens is 1350 g/mol. The van der Waals surface area contributed by atoms with Crippen LogP contribution >= 0.6 is 22.7 Å². The molecule has 108 heavy (non-hydrogen) atoms. The van der Waals surface area contributed by atoms with E-state index in [2.05, 4.69) is 364 Å². The summed E-state index contributed by atoms with van der Waals surface area (Å²) in [7, 11) is 0. The van der Waals surface area contributed by atoms with Crippen LogP contribution in [0.15, 0.2) is 340 Å². The van der Waals surface area contributed by atoms with E-state index in [1.54, 1.807) is 22.7 Å². The molecule has 0 fully saturated rings. The van der Waals surface area contributed by atoms with E-state index >= 15 is 0 Å². The number of aromatic nitrogens is 4. The van der Waals surface area contributed by atoms with Crippen molar-refractivity contribution < 1.29 is 0 Å². The van der Waals surface area contributed by atoms with Crippen molar-refractivity contribution in [2.75, 3.05) is 0 Å². The van der Waals surface area contributed by atoms with E-state index in [9.17, 15) is 11.8 Å². The third-order valence-electron chi connectivity index (χ3n) is 22.8. The number of thiophene rings is 2. The number of hydrogen-bond acceptors (Lipinski definition) is 3. The van der Waals surface area contributed by atoms with Gasteiger partial charge in [-0.3, -0.25) is 0 Å². The average Bonchev–Trinajstić information content (AvgIpc) is 1.50. The lowest BCUT2D eigenvalue weighted by atomic mass is 9.91. The summed E-state index contributed by atoms with van der Waals surface area (Å²) in [6.07, 6.45) is 0. The van der Waals surface area contributed by atoms with E-state index in [4.69, 9.17) is 4.85 Å². The van der Waals surface area contributed by atoms with Gasteiger partial charge in [0.15, 0.2) is 0 Å². The number of para-hydroxylation sites is 4. The highest BCUT2D eigenvalue weighted by Crippen LogP contribution is 2.56. The molecule has 0 aliphatic carbocycles. The molecule has 23 aromatic rings. The van der Waals surface area contributed by atoms with Crippen molar-refractivity contribution in [1.82, 2.24) is 18.3 Å². The zero-order valence-corrected chi connectivity index (χ0v) is 59.5. The summed E-state index contributed by atoms with van der Waals surface area (Å²) in [6, 6.07) is 126. The Balaban J connectivity index is 0.963. The first kappa shape index (κ1) is 60.3. The van der Waals surface area contributed by atoms with E-state index in [0.29, 0.717) is 34.0 Å². The number of fused-ring (bicyclic) bond motifs is 22. The van der Waals surface area contributed by atoms with Crippen LogP contribution in [0.3, 0.4) is 0 Å². The van der Waals surface area contributed by atoms with Gasteiger partial charge in [0.05, 0.1) is 82.9 Å². The highest BCUT2D eigenvalue weighted by Gasteiger charge is 2.36. The summed E-state index contributed by atoms with van der Waals surface area (Å²) in [5, 5.41) is 31.2. The SMILES string of the molecule is [C-]#[N+]c1c(-n2c3ccccc3c3ccccc32)c(-n2c3cc(-c4ccccc4-c4cccc5ccccc45)ccc3c3ccc4c5ccccc5sc4c32)c(C#N)c(-n2c3ccccc3c3ccccc32)c1-n1c2cc(-c3ccccc3-c3cccc4ccccc34)ccc2c2ccc3c4ccccc4sc3c21. The highest BCUT2D eigenvalue weighted by molar-refractivity contribution is 7.27. The van der Waals surface area contributed by atoms with Gasteiger partial charge in [-0.2, -0.15) is 5.26 Å². The molecule has 6 aromatic heterocycles. The van der Waals surface area contributed by atoms with Gasteiger partial charge in [-0.05, 0) is 115 Å². The Morgan fingerprint density at radius 2 is 0.574 bits per heavy atom. The van der Waals surface area contributed by atoms with Crippen LogP contribution in [0.4, 0.5) is 5.69 Å². The molecule has 0 aliphatic heterocycles. The molecule has 0 radical (unpaired) electrons. The Morgan fingerprint density at radius 3 is 1.02 bits per heavy atom. The molecule has 23 rings (SSSR count). The number of nitrogens with zero attached hydrogens (tertiary/aromatic N) is 6. The van der Waals surface area contributed by atoms with E-state index in [1.807, 2.05) is 0 Å². The van der Waals surface area contributed by atoms with E-state index in [1.165, 1.54) is 21.5 Å². The van der Waals surface area contributed by atoms with Crippen LogP contribution in [-0.4, -0.2) is 18.3 Å². The average molecular weight is 1410 g/mol. The van der Waals surface area contributed by atoms with Gasteiger partial charge in [0.25, 0.3) is 0 Å². The van der Waals surface area contributed by atoms with Crippen molar-refractivity contribution >= 4 is 177 Å². The zero-order valence-electron chi connectivity index (χ0n) is 57.8. The summed E-state index contributed by atoms with van der Waals surface area (Å²) >= 11 is 3.56. The largest absolute Gasteiger partial charge is 0.317 e. The molecule has 8 heteroatoms. The van der Waals surface area contributed by atoms with Crippen molar-refractivity contribution in [3.8, 4) is 73.3 Å². The second kappa shape index (κ2) is 23.2. The van der Waals surface area contributed by atoms with Gasteiger partial charge in [-0.25, -0.2) is 4.85 Å². The summed E-state index contributed by atoms with van der Waals surface area (Å²) in [5.74, 6) is 0. The molecule has 0 saturated carbocycles. The fourth-order valence-electron chi connectivity index (χ4n) is 18.3. The van der Waals surface area contributed by atoms with Crippen molar-refractivity contribution in [3.63, 3.8) is 0 Å². The number of nitriles is 1. The Kier molecular flexibility index (Phi) is 13.0. The molecule has 0 unspecified atom stereocenters. The first-order valence-corrected chi connectivity index (χ1v) is 38.1. The van der Waals surface area contributed by atoms with E-state index < -0.39 is 0 Å². The summed E-state index contributed by atoms with van der Waals surface area (Å²) < 4.78 is 14.0. The fourth-order valence-corrected chi connectivity index (χ4v) is 20.8. The minimum atomic E-state index is 0.377.